The van der Waals surface area contributed by atoms with Crippen molar-refractivity contribution in [1.29, 1.82) is 0 Å². The standard InChI is InChI=1S/C13H18Cl2O2S/c1-2-18(16,17)9-5-6-11(10-14)12-7-3-4-8-13(12)15/h3-4,7-8,11H,2,5-6,9-10H2,1H3. The zero-order valence-electron chi connectivity index (χ0n) is 10.4. The van der Waals surface area contributed by atoms with Crippen molar-refractivity contribution in [3.63, 3.8) is 0 Å². The molecule has 18 heavy (non-hydrogen) atoms. The molecule has 0 amide bonds. The Morgan fingerprint density at radius 2 is 1.94 bits per heavy atom. The highest BCUT2D eigenvalue weighted by Crippen LogP contribution is 2.29. The van der Waals surface area contributed by atoms with Gasteiger partial charge in [0.25, 0.3) is 0 Å². The second-order valence-electron chi connectivity index (χ2n) is 4.25. The van der Waals surface area contributed by atoms with Gasteiger partial charge in [-0.2, -0.15) is 0 Å². The van der Waals surface area contributed by atoms with E-state index in [1.807, 2.05) is 24.3 Å². The summed E-state index contributed by atoms with van der Waals surface area (Å²) in [5.41, 5.74) is 1.00. The van der Waals surface area contributed by atoms with Gasteiger partial charge in [0.2, 0.25) is 0 Å². The van der Waals surface area contributed by atoms with Gasteiger partial charge < -0.3 is 0 Å². The first-order valence-electron chi connectivity index (χ1n) is 6.01. The van der Waals surface area contributed by atoms with Crippen molar-refractivity contribution < 1.29 is 8.42 Å². The predicted molar refractivity (Wildman–Crippen MR) is 78.5 cm³/mol. The smallest absolute Gasteiger partial charge is 0.150 e. The van der Waals surface area contributed by atoms with Crippen LogP contribution in [0, 0.1) is 0 Å². The molecule has 0 fully saturated rings. The van der Waals surface area contributed by atoms with Crippen molar-refractivity contribution in [3.05, 3.63) is 34.9 Å². The molecule has 2 nitrogen and oxygen atoms in total. The van der Waals surface area contributed by atoms with Gasteiger partial charge >= 0.3 is 0 Å². The number of hydrogen-bond donors (Lipinski definition) is 0. The lowest BCUT2D eigenvalue weighted by molar-refractivity contribution is 0.587. The Labute approximate surface area is 119 Å². The molecule has 0 aliphatic rings. The Bertz CT molecular complexity index is 472. The maximum absolute atomic E-state index is 11.4. The molecule has 1 atom stereocenters. The van der Waals surface area contributed by atoms with Crippen LogP contribution in [0.5, 0.6) is 0 Å². The number of hydrogen-bond acceptors (Lipinski definition) is 2. The van der Waals surface area contributed by atoms with Crippen molar-refractivity contribution in [3.8, 4) is 0 Å². The number of rotatable bonds is 7. The number of sulfone groups is 1. The van der Waals surface area contributed by atoms with Crippen molar-refractivity contribution >= 4 is 33.0 Å². The summed E-state index contributed by atoms with van der Waals surface area (Å²) < 4.78 is 22.8. The van der Waals surface area contributed by atoms with E-state index < -0.39 is 9.84 Å². The van der Waals surface area contributed by atoms with Gasteiger partial charge in [-0.3, -0.25) is 0 Å². The third-order valence-electron chi connectivity index (χ3n) is 2.98. The first kappa shape index (κ1) is 15.8. The van der Waals surface area contributed by atoms with E-state index >= 15 is 0 Å². The fraction of sp³-hybridized carbons (Fsp3) is 0.538. The monoisotopic (exact) mass is 308 g/mol. The van der Waals surface area contributed by atoms with Gasteiger partial charge in [0.05, 0.1) is 5.75 Å². The van der Waals surface area contributed by atoms with Crippen LogP contribution in [0.2, 0.25) is 5.02 Å². The van der Waals surface area contributed by atoms with Crippen LogP contribution in [0.3, 0.4) is 0 Å². The summed E-state index contributed by atoms with van der Waals surface area (Å²) >= 11 is 12.1. The lowest BCUT2D eigenvalue weighted by Crippen LogP contribution is -2.10. The van der Waals surface area contributed by atoms with Gasteiger partial charge in [0.15, 0.2) is 0 Å². The molecule has 0 aliphatic heterocycles. The molecular weight excluding hydrogens is 291 g/mol. The SMILES string of the molecule is CCS(=O)(=O)CCCC(CCl)c1ccccc1Cl. The molecule has 0 bridgehead atoms. The molecule has 1 aromatic carbocycles. The molecule has 0 saturated heterocycles. The van der Waals surface area contributed by atoms with Crippen LogP contribution in [-0.2, 0) is 9.84 Å². The normalized spacial score (nSPS) is 13.5. The molecule has 0 aromatic heterocycles. The van der Waals surface area contributed by atoms with E-state index in [4.69, 9.17) is 23.2 Å². The van der Waals surface area contributed by atoms with E-state index in [0.29, 0.717) is 17.3 Å². The third kappa shape index (κ3) is 4.79. The fourth-order valence-corrected chi connectivity index (χ4v) is 3.32. The van der Waals surface area contributed by atoms with E-state index in [1.54, 1.807) is 6.92 Å². The number of benzene rings is 1. The second kappa shape index (κ2) is 7.37. The second-order valence-corrected chi connectivity index (χ2v) is 7.44. The molecule has 0 radical (unpaired) electrons. The highest BCUT2D eigenvalue weighted by atomic mass is 35.5. The van der Waals surface area contributed by atoms with Gasteiger partial charge in [-0.05, 0) is 30.4 Å². The Balaban J connectivity index is 2.61. The average molecular weight is 309 g/mol. The average Bonchev–Trinajstić information content (AvgIpc) is 2.36. The van der Waals surface area contributed by atoms with E-state index in [2.05, 4.69) is 0 Å². The lowest BCUT2D eigenvalue weighted by atomic mass is 9.96. The molecule has 5 heteroatoms. The Morgan fingerprint density at radius 3 is 2.50 bits per heavy atom. The molecule has 0 heterocycles. The van der Waals surface area contributed by atoms with Crippen LogP contribution in [0.25, 0.3) is 0 Å². The Kier molecular flexibility index (Phi) is 6.47. The highest BCUT2D eigenvalue weighted by Gasteiger charge is 2.15. The fourth-order valence-electron chi connectivity index (χ4n) is 1.82. The summed E-state index contributed by atoms with van der Waals surface area (Å²) in [5.74, 6) is 0.995. The Morgan fingerprint density at radius 1 is 1.28 bits per heavy atom. The van der Waals surface area contributed by atoms with Crippen molar-refractivity contribution in [2.24, 2.45) is 0 Å². The number of alkyl halides is 1. The zero-order valence-corrected chi connectivity index (χ0v) is 12.7. The largest absolute Gasteiger partial charge is 0.229 e. The molecule has 0 spiro atoms. The summed E-state index contributed by atoms with van der Waals surface area (Å²) in [4.78, 5) is 0. The summed E-state index contributed by atoms with van der Waals surface area (Å²) in [7, 11) is -2.89. The van der Waals surface area contributed by atoms with Crippen molar-refractivity contribution in [2.45, 2.75) is 25.7 Å². The van der Waals surface area contributed by atoms with Gasteiger partial charge in [-0.1, -0.05) is 36.7 Å². The van der Waals surface area contributed by atoms with Gasteiger partial charge in [0.1, 0.15) is 9.84 Å². The van der Waals surface area contributed by atoms with Crippen molar-refractivity contribution in [1.82, 2.24) is 0 Å². The summed E-state index contributed by atoms with van der Waals surface area (Å²) in [6.45, 7) is 1.67. The maximum Gasteiger partial charge on any atom is 0.150 e. The summed E-state index contributed by atoms with van der Waals surface area (Å²) in [6.07, 6.45) is 1.37. The van der Waals surface area contributed by atoms with Crippen LogP contribution in [-0.4, -0.2) is 25.8 Å². The van der Waals surface area contributed by atoms with E-state index in [9.17, 15) is 8.42 Å². The third-order valence-corrected chi connectivity index (χ3v) is 5.49. The van der Waals surface area contributed by atoms with Gasteiger partial charge in [-0.15, -0.1) is 11.6 Å². The molecule has 1 rings (SSSR count). The van der Waals surface area contributed by atoms with E-state index in [1.165, 1.54) is 0 Å². The minimum atomic E-state index is -2.89. The van der Waals surface area contributed by atoms with Crippen molar-refractivity contribution in [2.75, 3.05) is 17.4 Å². The molecule has 102 valence electrons. The van der Waals surface area contributed by atoms with Gasteiger partial charge in [-0.25, -0.2) is 8.42 Å². The molecule has 0 aliphatic carbocycles. The first-order valence-corrected chi connectivity index (χ1v) is 8.74. The maximum atomic E-state index is 11.4. The number of halogens is 2. The van der Waals surface area contributed by atoms with Gasteiger partial charge in [0, 0.05) is 16.7 Å². The summed E-state index contributed by atoms with van der Waals surface area (Å²) in [5, 5.41) is 0.696. The predicted octanol–water partition coefficient (Wildman–Crippen LogP) is 3.88. The van der Waals surface area contributed by atoms with Crippen LogP contribution < -0.4 is 0 Å². The quantitative estimate of drug-likeness (QED) is 0.716. The molecular formula is C13H18Cl2O2S. The zero-order chi connectivity index (χ0) is 13.6. The minimum absolute atomic E-state index is 0.118. The molecule has 1 unspecified atom stereocenters. The van der Waals surface area contributed by atoms with Crippen LogP contribution in [0.1, 0.15) is 31.2 Å². The van der Waals surface area contributed by atoms with Crippen LogP contribution >= 0.6 is 23.2 Å². The minimum Gasteiger partial charge on any atom is -0.229 e. The highest BCUT2D eigenvalue weighted by molar-refractivity contribution is 7.91. The van der Waals surface area contributed by atoms with E-state index in [-0.39, 0.29) is 17.4 Å². The molecule has 1 aromatic rings. The summed E-state index contributed by atoms with van der Waals surface area (Å²) in [6, 6.07) is 7.57. The van der Waals surface area contributed by atoms with E-state index in [0.717, 1.165) is 12.0 Å². The van der Waals surface area contributed by atoms with Crippen LogP contribution in [0.4, 0.5) is 0 Å². The first-order chi connectivity index (χ1) is 8.50. The molecule has 0 N–H and O–H groups in total. The molecule has 0 saturated carbocycles. The topological polar surface area (TPSA) is 34.1 Å². The Hall–Kier alpha value is -0.250. The lowest BCUT2D eigenvalue weighted by Gasteiger charge is -2.15. The van der Waals surface area contributed by atoms with Crippen LogP contribution in [0.15, 0.2) is 24.3 Å².